The van der Waals surface area contributed by atoms with Crippen molar-refractivity contribution in [1.29, 1.82) is 0 Å². The predicted octanol–water partition coefficient (Wildman–Crippen LogP) is 4.39. The van der Waals surface area contributed by atoms with Gasteiger partial charge in [-0.25, -0.2) is 9.59 Å². The highest BCUT2D eigenvalue weighted by atomic mass is 35.5. The summed E-state index contributed by atoms with van der Waals surface area (Å²) in [6, 6.07) is 5.12. The van der Waals surface area contributed by atoms with Crippen LogP contribution in [0.5, 0.6) is 0 Å². The first-order valence-corrected chi connectivity index (χ1v) is 9.05. The Morgan fingerprint density at radius 2 is 2.08 bits per heavy atom. The molecule has 1 saturated heterocycles. The van der Waals surface area contributed by atoms with Gasteiger partial charge in [0.15, 0.2) is 0 Å². The molecule has 0 unspecified atom stereocenters. The number of fused-ring (bicyclic) bond motifs is 1. The Balaban J connectivity index is 1.89. The zero-order chi connectivity index (χ0) is 19.1. The number of likely N-dealkylation sites (tertiary alicyclic amines) is 1. The lowest BCUT2D eigenvalue weighted by molar-refractivity contribution is 0.0214. The number of carbonyl (C=O) groups is 2. The number of nitrogens with zero attached hydrogens (tertiary/aromatic N) is 2. The SMILES string of the molecule is CC(C)(C)OC(=O)N1CCC[C@H]1Cn1cc(C(=O)O)c2ccc(Cl)cc21. The zero-order valence-corrected chi connectivity index (χ0v) is 15.9. The Morgan fingerprint density at radius 3 is 2.73 bits per heavy atom. The second-order valence-corrected chi connectivity index (χ2v) is 8.07. The summed E-state index contributed by atoms with van der Waals surface area (Å²) in [4.78, 5) is 25.8. The normalized spacial score (nSPS) is 17.7. The molecule has 0 spiro atoms. The first-order chi connectivity index (χ1) is 12.2. The summed E-state index contributed by atoms with van der Waals surface area (Å²) in [5.74, 6) is -0.980. The van der Waals surface area contributed by atoms with Crippen LogP contribution in [0.2, 0.25) is 5.02 Å². The van der Waals surface area contributed by atoms with Crippen molar-refractivity contribution < 1.29 is 19.4 Å². The lowest BCUT2D eigenvalue weighted by Crippen LogP contribution is -2.41. The summed E-state index contributed by atoms with van der Waals surface area (Å²) < 4.78 is 7.38. The second kappa shape index (κ2) is 6.83. The van der Waals surface area contributed by atoms with Gasteiger partial charge in [-0.05, 0) is 45.7 Å². The van der Waals surface area contributed by atoms with E-state index in [4.69, 9.17) is 16.3 Å². The third-order valence-corrected chi connectivity index (χ3v) is 4.72. The maximum Gasteiger partial charge on any atom is 0.410 e. The molecule has 0 saturated carbocycles. The number of ether oxygens (including phenoxy) is 1. The van der Waals surface area contributed by atoms with E-state index in [-0.39, 0.29) is 17.7 Å². The number of carbonyl (C=O) groups excluding carboxylic acids is 1. The standard InChI is InChI=1S/C19H23ClN2O4/c1-19(2,3)26-18(25)22-8-4-5-13(22)10-21-11-15(17(23)24)14-7-6-12(20)9-16(14)21/h6-7,9,11,13H,4-5,8,10H2,1-3H3,(H,23,24)/t13-/m0/s1. The molecular weight excluding hydrogens is 356 g/mol. The number of aromatic carboxylic acids is 1. The highest BCUT2D eigenvalue weighted by molar-refractivity contribution is 6.31. The van der Waals surface area contributed by atoms with E-state index in [0.29, 0.717) is 23.5 Å². The molecule has 0 bridgehead atoms. The smallest absolute Gasteiger partial charge is 0.410 e. The van der Waals surface area contributed by atoms with Crippen LogP contribution in [0.15, 0.2) is 24.4 Å². The number of hydrogen-bond acceptors (Lipinski definition) is 3. The number of halogens is 1. The summed E-state index contributed by atoms with van der Waals surface area (Å²) in [7, 11) is 0. The van der Waals surface area contributed by atoms with Crippen LogP contribution in [-0.4, -0.2) is 44.8 Å². The Kier molecular flexibility index (Phi) is 4.88. The van der Waals surface area contributed by atoms with Crippen LogP contribution < -0.4 is 0 Å². The van der Waals surface area contributed by atoms with Crippen LogP contribution in [0.1, 0.15) is 44.0 Å². The fourth-order valence-corrected chi connectivity index (χ4v) is 3.57. The maximum atomic E-state index is 12.5. The van der Waals surface area contributed by atoms with Crippen LogP contribution in [-0.2, 0) is 11.3 Å². The van der Waals surface area contributed by atoms with Gasteiger partial charge in [-0.2, -0.15) is 0 Å². The van der Waals surface area contributed by atoms with Gasteiger partial charge in [-0.15, -0.1) is 0 Å². The molecule has 2 heterocycles. The van der Waals surface area contributed by atoms with E-state index in [9.17, 15) is 14.7 Å². The van der Waals surface area contributed by atoms with Gasteiger partial charge >= 0.3 is 12.1 Å². The highest BCUT2D eigenvalue weighted by Crippen LogP contribution is 2.28. The molecule has 1 N–H and O–H groups in total. The predicted molar refractivity (Wildman–Crippen MR) is 99.9 cm³/mol. The monoisotopic (exact) mass is 378 g/mol. The molecule has 1 atom stereocenters. The Bertz CT molecular complexity index is 853. The number of benzene rings is 1. The lowest BCUT2D eigenvalue weighted by Gasteiger charge is -2.29. The topological polar surface area (TPSA) is 71.8 Å². The molecule has 6 nitrogen and oxygen atoms in total. The van der Waals surface area contributed by atoms with Gasteiger partial charge in [-0.1, -0.05) is 17.7 Å². The fourth-order valence-electron chi connectivity index (χ4n) is 3.40. The number of carboxylic acids is 1. The van der Waals surface area contributed by atoms with Gasteiger partial charge in [0, 0.05) is 29.7 Å². The Hall–Kier alpha value is -2.21. The van der Waals surface area contributed by atoms with Crippen molar-refractivity contribution in [3.63, 3.8) is 0 Å². The third kappa shape index (κ3) is 3.80. The summed E-state index contributed by atoms with van der Waals surface area (Å²) >= 11 is 6.10. The number of rotatable bonds is 3. The average molecular weight is 379 g/mol. The van der Waals surface area contributed by atoms with Crippen molar-refractivity contribution in [3.05, 3.63) is 35.0 Å². The molecule has 0 aliphatic carbocycles. The largest absolute Gasteiger partial charge is 0.478 e. The van der Waals surface area contributed by atoms with E-state index in [1.807, 2.05) is 25.3 Å². The Labute approximate surface area is 157 Å². The van der Waals surface area contributed by atoms with E-state index in [1.165, 1.54) is 0 Å². The van der Waals surface area contributed by atoms with Crippen molar-refractivity contribution in [2.45, 2.75) is 51.8 Å². The number of amides is 1. The van der Waals surface area contributed by atoms with E-state index >= 15 is 0 Å². The number of aromatic nitrogens is 1. The number of carboxylic acid groups (broad SMARTS) is 1. The molecule has 1 amide bonds. The molecule has 0 radical (unpaired) electrons. The van der Waals surface area contributed by atoms with Crippen molar-refractivity contribution in [2.24, 2.45) is 0 Å². The zero-order valence-electron chi connectivity index (χ0n) is 15.2. The maximum absolute atomic E-state index is 12.5. The van der Waals surface area contributed by atoms with Gasteiger partial charge in [0.1, 0.15) is 5.60 Å². The quantitative estimate of drug-likeness (QED) is 0.859. The van der Waals surface area contributed by atoms with Gasteiger partial charge < -0.3 is 19.3 Å². The van der Waals surface area contributed by atoms with Crippen molar-refractivity contribution in [2.75, 3.05) is 6.54 Å². The van der Waals surface area contributed by atoms with Crippen LogP contribution in [0.4, 0.5) is 4.79 Å². The first-order valence-electron chi connectivity index (χ1n) is 8.67. The summed E-state index contributed by atoms with van der Waals surface area (Å²) in [5.41, 5.74) is 0.443. The van der Waals surface area contributed by atoms with Crippen LogP contribution in [0.3, 0.4) is 0 Å². The van der Waals surface area contributed by atoms with E-state index in [0.717, 1.165) is 18.4 Å². The lowest BCUT2D eigenvalue weighted by atomic mass is 10.2. The van der Waals surface area contributed by atoms with E-state index in [2.05, 4.69) is 0 Å². The van der Waals surface area contributed by atoms with Crippen molar-refractivity contribution in [3.8, 4) is 0 Å². The van der Waals surface area contributed by atoms with Gasteiger partial charge in [0.25, 0.3) is 0 Å². The minimum absolute atomic E-state index is 0.0407. The molecule has 2 aromatic rings. The van der Waals surface area contributed by atoms with Crippen molar-refractivity contribution >= 4 is 34.6 Å². The fraction of sp³-hybridized carbons (Fsp3) is 0.474. The molecule has 1 aliphatic heterocycles. The summed E-state index contributed by atoms with van der Waals surface area (Å²) in [5, 5.41) is 10.7. The third-order valence-electron chi connectivity index (χ3n) is 4.49. The summed E-state index contributed by atoms with van der Waals surface area (Å²) in [6.45, 7) is 6.68. The first kappa shape index (κ1) is 18.6. The molecular formula is C19H23ClN2O4. The van der Waals surface area contributed by atoms with Gasteiger partial charge in [0.05, 0.1) is 17.1 Å². The highest BCUT2D eigenvalue weighted by Gasteiger charge is 2.32. The van der Waals surface area contributed by atoms with Crippen LogP contribution in [0.25, 0.3) is 10.9 Å². The van der Waals surface area contributed by atoms with E-state index < -0.39 is 11.6 Å². The van der Waals surface area contributed by atoms with Crippen molar-refractivity contribution in [1.82, 2.24) is 9.47 Å². The molecule has 140 valence electrons. The molecule has 7 heteroatoms. The summed E-state index contributed by atoms with van der Waals surface area (Å²) in [6.07, 6.45) is 3.04. The van der Waals surface area contributed by atoms with E-state index in [1.54, 1.807) is 29.3 Å². The molecule has 3 rings (SSSR count). The average Bonchev–Trinajstić information content (AvgIpc) is 3.11. The molecule has 1 fully saturated rings. The molecule has 1 aliphatic rings. The van der Waals surface area contributed by atoms with Crippen LogP contribution in [0, 0.1) is 0 Å². The Morgan fingerprint density at radius 1 is 1.35 bits per heavy atom. The van der Waals surface area contributed by atoms with Crippen LogP contribution >= 0.6 is 11.6 Å². The number of hydrogen-bond donors (Lipinski definition) is 1. The van der Waals surface area contributed by atoms with Gasteiger partial charge in [0.2, 0.25) is 0 Å². The minimum atomic E-state index is -0.980. The molecule has 1 aromatic carbocycles. The molecule has 26 heavy (non-hydrogen) atoms. The second-order valence-electron chi connectivity index (χ2n) is 7.63. The van der Waals surface area contributed by atoms with Gasteiger partial charge in [-0.3, -0.25) is 0 Å². The molecule has 1 aromatic heterocycles. The minimum Gasteiger partial charge on any atom is -0.478 e.